The number of benzene rings is 2. The quantitative estimate of drug-likeness (QED) is 0.360. The Morgan fingerprint density at radius 2 is 1.83 bits per heavy atom. The van der Waals surface area contributed by atoms with Crippen LogP contribution in [0.3, 0.4) is 0 Å². The molecule has 1 atom stereocenters. The maximum absolute atomic E-state index is 5.98. The zero-order valence-electron chi connectivity index (χ0n) is 14.4. The van der Waals surface area contributed by atoms with Crippen molar-refractivity contribution >= 4 is 26.7 Å². The van der Waals surface area contributed by atoms with E-state index >= 15 is 0 Å². The molecule has 1 unspecified atom stereocenters. The van der Waals surface area contributed by atoms with E-state index in [9.17, 15) is 0 Å². The van der Waals surface area contributed by atoms with E-state index in [0.717, 1.165) is 24.5 Å². The van der Waals surface area contributed by atoms with E-state index in [-0.39, 0.29) is 5.01 Å². The van der Waals surface area contributed by atoms with Crippen LogP contribution in [0.5, 0.6) is 11.5 Å². The highest BCUT2D eigenvalue weighted by atomic mass is 79.9. The first-order chi connectivity index (χ1) is 11.1. The fourth-order valence-electron chi connectivity index (χ4n) is 2.75. The van der Waals surface area contributed by atoms with Gasteiger partial charge in [-0.2, -0.15) is 0 Å². The van der Waals surface area contributed by atoms with Gasteiger partial charge in [-0.05, 0) is 70.7 Å². The molecule has 3 heteroatoms. The molecule has 0 aromatic heterocycles. The Bertz CT molecular complexity index is 622. The van der Waals surface area contributed by atoms with Crippen LogP contribution in [0, 0.1) is 6.92 Å². The highest BCUT2D eigenvalue weighted by Gasteiger charge is 2.07. The molecule has 0 amide bonds. The molecular weight excluding hydrogens is 352 g/mol. The second kappa shape index (κ2) is 9.17. The first-order valence-electron chi connectivity index (χ1n) is 8.58. The molecule has 0 N–H and O–H groups in total. The van der Waals surface area contributed by atoms with Gasteiger partial charge in [-0.3, -0.25) is 0 Å². The topological polar surface area (TPSA) is 18.5 Å². The van der Waals surface area contributed by atoms with Crippen molar-refractivity contribution in [2.24, 2.45) is 0 Å². The highest BCUT2D eigenvalue weighted by Crippen LogP contribution is 2.30. The second-order valence-corrected chi connectivity index (χ2v) is 7.28. The Balaban J connectivity index is 2.01. The number of hydrogen-bond donors (Lipinski definition) is 0. The summed E-state index contributed by atoms with van der Waals surface area (Å²) in [7, 11) is 0. The first-order valence-corrected chi connectivity index (χ1v) is 9.50. The largest absolute Gasteiger partial charge is 0.493 e. The predicted molar refractivity (Wildman–Crippen MR) is 102 cm³/mol. The molecule has 0 saturated heterocycles. The summed E-state index contributed by atoms with van der Waals surface area (Å²) in [5.74, 6) is 1.88. The SMILES string of the molecule is CCCCCCCOc1ccc2cc(OC(C)Br)ccc2c1C. The van der Waals surface area contributed by atoms with E-state index in [1.807, 2.05) is 13.0 Å². The predicted octanol–water partition coefficient (Wildman–Crippen LogP) is 6.62. The van der Waals surface area contributed by atoms with Crippen LogP contribution in [0.25, 0.3) is 10.8 Å². The summed E-state index contributed by atoms with van der Waals surface area (Å²) >= 11 is 3.41. The average molecular weight is 379 g/mol. The molecular formula is C20H27BrO2. The molecule has 0 bridgehead atoms. The highest BCUT2D eigenvalue weighted by molar-refractivity contribution is 9.09. The number of aryl methyl sites for hydroxylation is 1. The van der Waals surface area contributed by atoms with Crippen molar-refractivity contribution in [1.82, 2.24) is 0 Å². The normalized spacial score (nSPS) is 12.3. The van der Waals surface area contributed by atoms with Gasteiger partial charge in [0.05, 0.1) is 6.61 Å². The zero-order chi connectivity index (χ0) is 16.7. The molecule has 2 aromatic rings. The van der Waals surface area contributed by atoms with Gasteiger partial charge in [0, 0.05) is 0 Å². The van der Waals surface area contributed by atoms with Crippen LogP contribution in [-0.4, -0.2) is 11.6 Å². The maximum atomic E-state index is 5.98. The summed E-state index contributed by atoms with van der Waals surface area (Å²) in [6, 6.07) is 10.4. The Labute approximate surface area is 148 Å². The summed E-state index contributed by atoms with van der Waals surface area (Å²) in [5.41, 5.74) is 1.20. The standard InChI is InChI=1S/C20H27BrO2/c1-4-5-6-7-8-13-22-20-12-9-17-14-18(23-16(3)21)10-11-19(17)15(20)2/h9-12,14,16H,4-8,13H2,1-3H3. The van der Waals surface area contributed by atoms with Crippen molar-refractivity contribution in [2.75, 3.05) is 6.61 Å². The third kappa shape index (κ3) is 5.42. The van der Waals surface area contributed by atoms with Crippen molar-refractivity contribution in [1.29, 1.82) is 0 Å². The number of hydrogen-bond acceptors (Lipinski definition) is 2. The lowest BCUT2D eigenvalue weighted by Gasteiger charge is -2.13. The van der Waals surface area contributed by atoms with Crippen LogP contribution in [0.2, 0.25) is 0 Å². The van der Waals surface area contributed by atoms with E-state index in [1.165, 1.54) is 42.0 Å². The average Bonchev–Trinajstić information content (AvgIpc) is 2.52. The van der Waals surface area contributed by atoms with E-state index < -0.39 is 0 Å². The molecule has 0 heterocycles. The Morgan fingerprint density at radius 3 is 2.57 bits per heavy atom. The molecule has 0 aliphatic rings. The zero-order valence-corrected chi connectivity index (χ0v) is 16.0. The van der Waals surface area contributed by atoms with Gasteiger partial charge >= 0.3 is 0 Å². The molecule has 2 nitrogen and oxygen atoms in total. The lowest BCUT2D eigenvalue weighted by molar-refractivity contribution is 0.303. The lowest BCUT2D eigenvalue weighted by atomic mass is 10.0. The number of alkyl halides is 1. The van der Waals surface area contributed by atoms with Crippen molar-refractivity contribution in [2.45, 2.75) is 57.9 Å². The van der Waals surface area contributed by atoms with Crippen LogP contribution in [-0.2, 0) is 0 Å². The van der Waals surface area contributed by atoms with Crippen molar-refractivity contribution in [3.63, 3.8) is 0 Å². The molecule has 2 rings (SSSR count). The smallest absolute Gasteiger partial charge is 0.150 e. The lowest BCUT2D eigenvalue weighted by Crippen LogP contribution is -2.01. The molecule has 0 aliphatic heterocycles. The molecule has 2 aromatic carbocycles. The molecule has 0 radical (unpaired) electrons. The summed E-state index contributed by atoms with van der Waals surface area (Å²) < 4.78 is 11.7. The fraction of sp³-hybridized carbons (Fsp3) is 0.500. The molecule has 0 aliphatic carbocycles. The van der Waals surface area contributed by atoms with Crippen molar-refractivity contribution < 1.29 is 9.47 Å². The minimum atomic E-state index is 0.0105. The van der Waals surface area contributed by atoms with Crippen molar-refractivity contribution in [3.05, 3.63) is 35.9 Å². The van der Waals surface area contributed by atoms with Crippen molar-refractivity contribution in [3.8, 4) is 11.5 Å². The minimum absolute atomic E-state index is 0.0105. The van der Waals surface area contributed by atoms with Gasteiger partial charge in [-0.1, -0.05) is 44.7 Å². The number of ether oxygens (including phenoxy) is 2. The molecule has 0 spiro atoms. The van der Waals surface area contributed by atoms with Gasteiger partial charge < -0.3 is 9.47 Å². The Morgan fingerprint density at radius 1 is 1.04 bits per heavy atom. The van der Waals surface area contributed by atoms with Crippen LogP contribution < -0.4 is 9.47 Å². The van der Waals surface area contributed by atoms with Gasteiger partial charge in [0.1, 0.15) is 11.5 Å². The Hall–Kier alpha value is -1.22. The van der Waals surface area contributed by atoms with E-state index in [4.69, 9.17) is 9.47 Å². The molecule has 0 fully saturated rings. The van der Waals surface area contributed by atoms with Gasteiger partial charge in [0.25, 0.3) is 0 Å². The van der Waals surface area contributed by atoms with Gasteiger partial charge in [-0.25, -0.2) is 0 Å². The molecule has 126 valence electrons. The van der Waals surface area contributed by atoms with Gasteiger partial charge in [-0.15, -0.1) is 0 Å². The first kappa shape index (κ1) is 18.1. The number of halogens is 1. The molecule has 0 saturated carbocycles. The number of unbranched alkanes of at least 4 members (excludes halogenated alkanes) is 4. The number of rotatable bonds is 9. The minimum Gasteiger partial charge on any atom is -0.493 e. The third-order valence-corrected chi connectivity index (χ3v) is 4.20. The summed E-state index contributed by atoms with van der Waals surface area (Å²) in [6.07, 6.45) is 6.31. The summed E-state index contributed by atoms with van der Waals surface area (Å²) in [5, 5.41) is 2.42. The van der Waals surface area contributed by atoms with Crippen LogP contribution in [0.1, 0.15) is 51.5 Å². The summed E-state index contributed by atoms with van der Waals surface area (Å²) in [6.45, 7) is 7.14. The van der Waals surface area contributed by atoms with Crippen LogP contribution in [0.4, 0.5) is 0 Å². The number of fused-ring (bicyclic) bond motifs is 1. The fourth-order valence-corrected chi connectivity index (χ4v) is 2.96. The molecule has 23 heavy (non-hydrogen) atoms. The van der Waals surface area contributed by atoms with Crippen LogP contribution >= 0.6 is 15.9 Å². The second-order valence-electron chi connectivity index (χ2n) is 6.00. The van der Waals surface area contributed by atoms with E-state index in [0.29, 0.717) is 0 Å². The van der Waals surface area contributed by atoms with Gasteiger partial charge in [0.2, 0.25) is 0 Å². The summed E-state index contributed by atoms with van der Waals surface area (Å²) in [4.78, 5) is 0. The monoisotopic (exact) mass is 378 g/mol. The third-order valence-electron chi connectivity index (χ3n) is 4.01. The Kier molecular flexibility index (Phi) is 7.22. The maximum Gasteiger partial charge on any atom is 0.150 e. The van der Waals surface area contributed by atoms with Gasteiger partial charge in [0.15, 0.2) is 5.01 Å². The van der Waals surface area contributed by atoms with E-state index in [1.54, 1.807) is 0 Å². The van der Waals surface area contributed by atoms with Crippen LogP contribution in [0.15, 0.2) is 30.3 Å². The van der Waals surface area contributed by atoms with E-state index in [2.05, 4.69) is 54.0 Å².